The Morgan fingerprint density at radius 2 is 2.04 bits per heavy atom. The molecule has 0 saturated heterocycles. The summed E-state index contributed by atoms with van der Waals surface area (Å²) in [6.07, 6.45) is 0. The maximum Gasteiger partial charge on any atom is 0.325 e. The number of aromatic nitrogens is 2. The van der Waals surface area contributed by atoms with Crippen LogP contribution in [0.4, 0.5) is 20.0 Å². The Morgan fingerprint density at radius 3 is 2.81 bits per heavy atom. The number of nitrogens with zero attached hydrogens (tertiary/aromatic N) is 2. The summed E-state index contributed by atoms with van der Waals surface area (Å²) in [6.45, 7) is 2.09. The molecule has 0 bridgehead atoms. The molecule has 0 spiro atoms. The minimum Gasteiger partial charge on any atom is -0.486 e. The number of para-hydroxylation sites is 1. The maximum absolute atomic E-state index is 13.5. The highest BCUT2D eigenvalue weighted by molar-refractivity contribution is 7.15. The van der Waals surface area contributed by atoms with Crippen molar-refractivity contribution in [2.24, 2.45) is 0 Å². The highest BCUT2D eigenvalue weighted by atomic mass is 35.5. The maximum atomic E-state index is 13.5. The summed E-state index contributed by atoms with van der Waals surface area (Å²) in [5.41, 5.74) is 0.991. The van der Waals surface area contributed by atoms with Gasteiger partial charge in [-0.1, -0.05) is 35.1 Å². The number of hydrogen-bond acceptors (Lipinski definition) is 5. The van der Waals surface area contributed by atoms with E-state index in [-0.39, 0.29) is 17.4 Å². The van der Waals surface area contributed by atoms with Gasteiger partial charge >= 0.3 is 6.03 Å². The molecule has 3 rings (SSSR count). The quantitative estimate of drug-likeness (QED) is 0.650. The summed E-state index contributed by atoms with van der Waals surface area (Å²) in [5.74, 6) is 0.140. The first-order valence-electron chi connectivity index (χ1n) is 7.55. The van der Waals surface area contributed by atoms with Crippen molar-refractivity contribution in [1.29, 1.82) is 0 Å². The van der Waals surface area contributed by atoms with Gasteiger partial charge < -0.3 is 10.1 Å². The smallest absolute Gasteiger partial charge is 0.325 e. The lowest BCUT2D eigenvalue weighted by Crippen LogP contribution is -2.19. The van der Waals surface area contributed by atoms with Crippen molar-refractivity contribution in [3.63, 3.8) is 0 Å². The molecule has 0 fully saturated rings. The largest absolute Gasteiger partial charge is 0.486 e. The molecule has 134 valence electrons. The summed E-state index contributed by atoms with van der Waals surface area (Å²) >= 11 is 7.14. The van der Waals surface area contributed by atoms with E-state index < -0.39 is 11.8 Å². The van der Waals surface area contributed by atoms with Crippen LogP contribution in [0.3, 0.4) is 0 Å². The van der Waals surface area contributed by atoms with E-state index in [1.165, 1.54) is 18.2 Å². The number of hydrogen-bond donors (Lipinski definition) is 2. The molecule has 26 heavy (non-hydrogen) atoms. The molecule has 2 amide bonds. The molecule has 3 aromatic rings. The van der Waals surface area contributed by atoms with Gasteiger partial charge in [-0.3, -0.25) is 5.32 Å². The van der Waals surface area contributed by atoms with E-state index in [2.05, 4.69) is 20.8 Å². The van der Waals surface area contributed by atoms with Crippen molar-refractivity contribution in [3.05, 3.63) is 63.9 Å². The fourth-order valence-corrected chi connectivity index (χ4v) is 2.79. The van der Waals surface area contributed by atoms with Crippen molar-refractivity contribution in [2.75, 3.05) is 10.6 Å². The van der Waals surface area contributed by atoms with Gasteiger partial charge in [-0.15, -0.1) is 10.2 Å². The third-order valence-corrected chi connectivity index (χ3v) is 4.54. The number of ether oxygens (including phenoxy) is 1. The predicted octanol–water partition coefficient (Wildman–Crippen LogP) is 4.86. The Morgan fingerprint density at radius 1 is 1.23 bits per heavy atom. The van der Waals surface area contributed by atoms with Crippen LogP contribution in [0.1, 0.15) is 10.6 Å². The van der Waals surface area contributed by atoms with Crippen LogP contribution in [0.2, 0.25) is 5.02 Å². The van der Waals surface area contributed by atoms with E-state index in [1.807, 2.05) is 13.0 Å². The number of nitrogens with one attached hydrogen (secondary N) is 2. The molecule has 1 aromatic heterocycles. The first-order valence-corrected chi connectivity index (χ1v) is 8.74. The van der Waals surface area contributed by atoms with E-state index in [0.29, 0.717) is 15.8 Å². The Balaban J connectivity index is 1.55. The zero-order valence-electron chi connectivity index (χ0n) is 13.6. The fraction of sp³-hybridized carbons (Fsp3) is 0.118. The topological polar surface area (TPSA) is 76.1 Å². The van der Waals surface area contributed by atoms with Crippen molar-refractivity contribution in [3.8, 4) is 5.75 Å². The van der Waals surface area contributed by atoms with Gasteiger partial charge in [0.2, 0.25) is 5.13 Å². The number of halogens is 2. The van der Waals surface area contributed by atoms with E-state index in [4.69, 9.17) is 16.3 Å². The molecule has 9 heteroatoms. The number of amides is 2. The van der Waals surface area contributed by atoms with Crippen LogP contribution < -0.4 is 15.4 Å². The van der Waals surface area contributed by atoms with E-state index in [9.17, 15) is 9.18 Å². The zero-order chi connectivity index (χ0) is 18.5. The minimum absolute atomic E-state index is 0.0798. The molecule has 2 N–H and O–H groups in total. The van der Waals surface area contributed by atoms with Gasteiger partial charge in [0.1, 0.15) is 18.2 Å². The highest BCUT2D eigenvalue weighted by Crippen LogP contribution is 2.23. The molecule has 2 aromatic carbocycles. The van der Waals surface area contributed by atoms with Gasteiger partial charge in [-0.05, 0) is 42.8 Å². The van der Waals surface area contributed by atoms with E-state index >= 15 is 0 Å². The van der Waals surface area contributed by atoms with E-state index in [1.54, 1.807) is 18.2 Å². The van der Waals surface area contributed by atoms with E-state index in [0.717, 1.165) is 16.9 Å². The Kier molecular flexibility index (Phi) is 5.65. The third-order valence-electron chi connectivity index (χ3n) is 3.30. The molecular weight excluding hydrogens is 379 g/mol. The fourth-order valence-electron chi connectivity index (χ4n) is 2.03. The monoisotopic (exact) mass is 392 g/mol. The van der Waals surface area contributed by atoms with Gasteiger partial charge in [0.15, 0.2) is 5.01 Å². The van der Waals surface area contributed by atoms with Crippen molar-refractivity contribution in [1.82, 2.24) is 10.2 Å². The Bertz CT molecular complexity index is 935. The van der Waals surface area contributed by atoms with Crippen molar-refractivity contribution in [2.45, 2.75) is 13.5 Å². The molecule has 0 aliphatic heterocycles. The third kappa shape index (κ3) is 4.68. The molecule has 6 nitrogen and oxygen atoms in total. The van der Waals surface area contributed by atoms with Gasteiger partial charge in [0.05, 0.1) is 5.69 Å². The average Bonchev–Trinajstić information content (AvgIpc) is 3.05. The Labute approximate surface area is 158 Å². The molecule has 0 unspecified atom stereocenters. The van der Waals surface area contributed by atoms with Crippen LogP contribution in [-0.2, 0) is 6.61 Å². The first-order chi connectivity index (χ1) is 12.5. The summed E-state index contributed by atoms with van der Waals surface area (Å²) in [7, 11) is 0. The van der Waals surface area contributed by atoms with Crippen molar-refractivity contribution >= 4 is 39.8 Å². The molecule has 0 atom stereocenters. The van der Waals surface area contributed by atoms with Crippen LogP contribution in [0.25, 0.3) is 0 Å². The zero-order valence-corrected chi connectivity index (χ0v) is 15.2. The van der Waals surface area contributed by atoms with Gasteiger partial charge in [-0.25, -0.2) is 9.18 Å². The minimum atomic E-state index is -0.605. The number of anilines is 2. The second kappa shape index (κ2) is 8.11. The molecule has 0 aliphatic rings. The standard InChI is InChI=1S/C17H14ClFN4O2S/c1-10-8-11(6-7-12(10)18)25-9-15-22-23-17(26-15)21-16(24)20-14-5-3-2-4-13(14)19/h2-8H,9H2,1H3,(H2,20,21,23,24). The SMILES string of the molecule is Cc1cc(OCc2nnc(NC(=O)Nc3ccccc3F)s2)ccc1Cl. The molecule has 1 heterocycles. The van der Waals surface area contributed by atoms with Gasteiger partial charge in [-0.2, -0.15) is 0 Å². The molecular formula is C17H14ClFN4O2S. The van der Waals surface area contributed by atoms with Gasteiger partial charge in [0.25, 0.3) is 0 Å². The second-order valence-electron chi connectivity index (χ2n) is 5.26. The van der Waals surface area contributed by atoms with Crippen molar-refractivity contribution < 1.29 is 13.9 Å². The number of benzene rings is 2. The van der Waals surface area contributed by atoms with Crippen LogP contribution in [-0.4, -0.2) is 16.2 Å². The normalized spacial score (nSPS) is 10.4. The van der Waals surface area contributed by atoms with Gasteiger partial charge in [0, 0.05) is 5.02 Å². The highest BCUT2D eigenvalue weighted by Gasteiger charge is 2.11. The molecule has 0 aliphatic carbocycles. The number of carbonyl (C=O) groups excluding carboxylic acids is 1. The first kappa shape index (κ1) is 18.1. The molecule has 0 radical (unpaired) electrons. The second-order valence-corrected chi connectivity index (χ2v) is 6.73. The van der Waals surface area contributed by atoms with Crippen LogP contribution in [0.5, 0.6) is 5.75 Å². The summed E-state index contributed by atoms with van der Waals surface area (Å²) < 4.78 is 19.1. The number of rotatable bonds is 5. The molecule has 0 saturated carbocycles. The lowest BCUT2D eigenvalue weighted by atomic mass is 10.2. The lowest BCUT2D eigenvalue weighted by molar-refractivity contribution is 0.262. The number of carbonyl (C=O) groups is 1. The summed E-state index contributed by atoms with van der Waals surface area (Å²) in [5, 5.41) is 14.3. The summed E-state index contributed by atoms with van der Waals surface area (Å²) in [4.78, 5) is 11.9. The van der Waals surface area contributed by atoms with Crippen LogP contribution in [0.15, 0.2) is 42.5 Å². The number of urea groups is 1. The Hall–Kier alpha value is -2.71. The summed E-state index contributed by atoms with van der Waals surface area (Å²) in [6, 6.07) is 10.6. The number of aryl methyl sites for hydroxylation is 1. The average molecular weight is 393 g/mol. The lowest BCUT2D eigenvalue weighted by Gasteiger charge is -2.06. The van der Waals surface area contributed by atoms with Crippen LogP contribution >= 0.6 is 22.9 Å². The van der Waals surface area contributed by atoms with Crippen LogP contribution in [0, 0.1) is 12.7 Å². The predicted molar refractivity (Wildman–Crippen MR) is 99.5 cm³/mol.